The predicted octanol–water partition coefficient (Wildman–Crippen LogP) is 1.05. The van der Waals surface area contributed by atoms with Crippen LogP contribution in [0.2, 0.25) is 0 Å². The Morgan fingerprint density at radius 3 is 2.65 bits per heavy atom. The highest BCUT2D eigenvalue weighted by molar-refractivity contribution is 7.89. The van der Waals surface area contributed by atoms with Gasteiger partial charge in [0.25, 0.3) is 0 Å². The van der Waals surface area contributed by atoms with Gasteiger partial charge in [0.15, 0.2) is 5.82 Å². The van der Waals surface area contributed by atoms with Gasteiger partial charge in [0.2, 0.25) is 10.0 Å². The first-order chi connectivity index (χ1) is 9.58. The summed E-state index contributed by atoms with van der Waals surface area (Å²) >= 11 is 0. The van der Waals surface area contributed by atoms with Gasteiger partial charge in [-0.3, -0.25) is 0 Å². The van der Waals surface area contributed by atoms with Gasteiger partial charge in [0.1, 0.15) is 0 Å². The Balaban J connectivity index is 1.82. The summed E-state index contributed by atoms with van der Waals surface area (Å²) in [7, 11) is -3.57. The summed E-state index contributed by atoms with van der Waals surface area (Å²) in [6.07, 6.45) is 2.08. The zero-order valence-corrected chi connectivity index (χ0v) is 11.8. The molecule has 1 heterocycles. The fraction of sp³-hybridized carbons (Fsp3) is 0.417. The van der Waals surface area contributed by atoms with Gasteiger partial charge < -0.3 is 0 Å². The smallest absolute Gasteiger partial charge is 0.225 e. The second-order valence-electron chi connectivity index (χ2n) is 4.87. The molecule has 0 spiro atoms. The van der Waals surface area contributed by atoms with E-state index < -0.39 is 16.1 Å². The van der Waals surface area contributed by atoms with Crippen molar-refractivity contribution < 1.29 is 8.42 Å². The molecule has 0 aliphatic heterocycles. The lowest BCUT2D eigenvalue weighted by atomic mass is 10.3. The summed E-state index contributed by atoms with van der Waals surface area (Å²) in [5.41, 5.74) is 0. The van der Waals surface area contributed by atoms with E-state index in [1.807, 2.05) is 0 Å². The van der Waals surface area contributed by atoms with Gasteiger partial charge >= 0.3 is 0 Å². The number of hydrogen-bond donors (Lipinski definition) is 1. The third kappa shape index (κ3) is 2.56. The summed E-state index contributed by atoms with van der Waals surface area (Å²) < 4.78 is 28.8. The molecule has 1 atom stereocenters. The fourth-order valence-corrected chi connectivity index (χ4v) is 3.24. The maximum absolute atomic E-state index is 12.2. The molecule has 2 aromatic rings. The summed E-state index contributed by atoms with van der Waals surface area (Å²) in [5, 5.41) is 11.5. The quantitative estimate of drug-likeness (QED) is 0.890. The molecule has 1 N–H and O–H groups in total. The monoisotopic (exact) mass is 293 g/mol. The third-order valence-corrected chi connectivity index (χ3v) is 4.74. The van der Waals surface area contributed by atoms with Crippen LogP contribution in [0.3, 0.4) is 0 Å². The minimum atomic E-state index is -3.57. The van der Waals surface area contributed by atoms with Gasteiger partial charge in [-0.2, -0.15) is 0 Å². The lowest BCUT2D eigenvalue weighted by Crippen LogP contribution is -2.29. The molecule has 1 aliphatic carbocycles. The predicted molar refractivity (Wildman–Crippen MR) is 71.3 cm³/mol. The second kappa shape index (κ2) is 4.95. The molecular weight excluding hydrogens is 278 g/mol. The summed E-state index contributed by atoms with van der Waals surface area (Å²) in [5.74, 6) is 0.548. The standard InChI is InChI=1S/C12H15N5O2S/c1-9(12-13-15-16-17(12)10-7-8-10)14-20(18,19)11-5-3-2-4-6-11/h2-6,9-10,14H,7-8H2,1H3/t9-/m1/s1. The molecule has 3 rings (SSSR count). The van der Waals surface area contributed by atoms with Gasteiger partial charge in [-0.05, 0) is 42.3 Å². The lowest BCUT2D eigenvalue weighted by molar-refractivity contribution is 0.523. The van der Waals surface area contributed by atoms with Crippen molar-refractivity contribution in [2.75, 3.05) is 0 Å². The molecule has 0 saturated heterocycles. The molecule has 1 fully saturated rings. The average Bonchev–Trinajstić information content (AvgIpc) is 3.16. The van der Waals surface area contributed by atoms with E-state index in [4.69, 9.17) is 0 Å². The minimum absolute atomic E-state index is 0.234. The Morgan fingerprint density at radius 2 is 2.00 bits per heavy atom. The number of benzene rings is 1. The molecule has 20 heavy (non-hydrogen) atoms. The summed E-state index contributed by atoms with van der Waals surface area (Å²) in [6.45, 7) is 1.74. The van der Waals surface area contributed by atoms with E-state index in [-0.39, 0.29) is 4.90 Å². The Bertz CT molecular complexity index is 694. The highest BCUT2D eigenvalue weighted by Crippen LogP contribution is 2.35. The maximum Gasteiger partial charge on any atom is 0.241 e. The first-order valence-corrected chi connectivity index (χ1v) is 7.91. The molecule has 1 aromatic heterocycles. The first-order valence-electron chi connectivity index (χ1n) is 6.43. The topological polar surface area (TPSA) is 89.8 Å². The van der Waals surface area contributed by atoms with E-state index in [2.05, 4.69) is 20.2 Å². The van der Waals surface area contributed by atoms with Crippen LogP contribution in [0.15, 0.2) is 35.2 Å². The molecule has 1 aliphatic rings. The number of rotatable bonds is 5. The van der Waals surface area contributed by atoms with Crippen molar-refractivity contribution in [3.63, 3.8) is 0 Å². The Labute approximate surface area is 117 Å². The Morgan fingerprint density at radius 1 is 1.30 bits per heavy atom. The third-order valence-electron chi connectivity index (χ3n) is 3.18. The molecule has 1 saturated carbocycles. The van der Waals surface area contributed by atoms with Crippen molar-refractivity contribution in [3.8, 4) is 0 Å². The molecule has 0 unspecified atom stereocenters. The zero-order valence-electron chi connectivity index (χ0n) is 11.0. The molecule has 8 heteroatoms. The van der Waals surface area contributed by atoms with Crippen LogP contribution in [0.5, 0.6) is 0 Å². The number of nitrogens with one attached hydrogen (secondary N) is 1. The maximum atomic E-state index is 12.2. The fourth-order valence-electron chi connectivity index (χ4n) is 2.02. The summed E-state index contributed by atoms with van der Waals surface area (Å²) in [4.78, 5) is 0.234. The highest BCUT2D eigenvalue weighted by Gasteiger charge is 2.30. The van der Waals surface area contributed by atoms with Crippen molar-refractivity contribution in [3.05, 3.63) is 36.2 Å². The van der Waals surface area contributed by atoms with Crippen LogP contribution in [-0.4, -0.2) is 28.6 Å². The van der Waals surface area contributed by atoms with E-state index in [9.17, 15) is 8.42 Å². The van der Waals surface area contributed by atoms with Crippen molar-refractivity contribution >= 4 is 10.0 Å². The van der Waals surface area contributed by atoms with Gasteiger partial charge in [0.05, 0.1) is 17.0 Å². The van der Waals surface area contributed by atoms with E-state index in [1.54, 1.807) is 41.9 Å². The number of tetrazole rings is 1. The van der Waals surface area contributed by atoms with Crippen molar-refractivity contribution in [1.29, 1.82) is 0 Å². The largest absolute Gasteiger partial charge is 0.241 e. The molecule has 0 radical (unpaired) electrons. The van der Waals surface area contributed by atoms with E-state index in [0.29, 0.717) is 11.9 Å². The molecule has 106 valence electrons. The van der Waals surface area contributed by atoms with Crippen LogP contribution >= 0.6 is 0 Å². The SMILES string of the molecule is C[C@@H](NS(=O)(=O)c1ccccc1)c1nnnn1C1CC1. The molecule has 0 amide bonds. The van der Waals surface area contributed by atoms with Gasteiger partial charge in [0, 0.05) is 0 Å². The van der Waals surface area contributed by atoms with Gasteiger partial charge in [-0.15, -0.1) is 5.10 Å². The lowest BCUT2D eigenvalue weighted by Gasteiger charge is -2.13. The Kier molecular flexibility index (Phi) is 3.27. The molecule has 7 nitrogen and oxygen atoms in total. The minimum Gasteiger partial charge on any atom is -0.225 e. The summed E-state index contributed by atoms with van der Waals surface area (Å²) in [6, 6.07) is 8.09. The van der Waals surface area contributed by atoms with Gasteiger partial charge in [-0.25, -0.2) is 17.8 Å². The first kappa shape index (κ1) is 13.2. The van der Waals surface area contributed by atoms with Crippen LogP contribution in [0.4, 0.5) is 0 Å². The normalized spacial score (nSPS) is 17.1. The second-order valence-corrected chi connectivity index (χ2v) is 6.58. The molecular formula is C12H15N5O2S. The van der Waals surface area contributed by atoms with E-state index in [0.717, 1.165) is 12.8 Å². The van der Waals surface area contributed by atoms with Gasteiger partial charge in [-0.1, -0.05) is 18.2 Å². The molecule has 1 aromatic carbocycles. The van der Waals surface area contributed by atoms with Crippen LogP contribution < -0.4 is 4.72 Å². The van der Waals surface area contributed by atoms with Crippen LogP contribution in [0.25, 0.3) is 0 Å². The number of nitrogens with zero attached hydrogens (tertiary/aromatic N) is 4. The van der Waals surface area contributed by atoms with E-state index >= 15 is 0 Å². The Hall–Kier alpha value is -1.80. The zero-order chi connectivity index (χ0) is 14.2. The number of hydrogen-bond acceptors (Lipinski definition) is 5. The highest BCUT2D eigenvalue weighted by atomic mass is 32.2. The molecule has 0 bridgehead atoms. The number of aromatic nitrogens is 4. The van der Waals surface area contributed by atoms with E-state index in [1.165, 1.54) is 0 Å². The van der Waals surface area contributed by atoms with Crippen molar-refractivity contribution in [2.24, 2.45) is 0 Å². The van der Waals surface area contributed by atoms with Crippen LogP contribution in [0.1, 0.15) is 37.7 Å². The van der Waals surface area contributed by atoms with Crippen LogP contribution in [0, 0.1) is 0 Å². The van der Waals surface area contributed by atoms with Crippen molar-refractivity contribution in [1.82, 2.24) is 24.9 Å². The number of sulfonamides is 1. The van der Waals surface area contributed by atoms with Crippen LogP contribution in [-0.2, 0) is 10.0 Å². The van der Waals surface area contributed by atoms with Crippen molar-refractivity contribution in [2.45, 2.75) is 36.7 Å². The average molecular weight is 293 g/mol.